The molecule has 2 aromatic heterocycles. The Kier molecular flexibility index (Phi) is 5.25. The average Bonchev–Trinajstić information content (AvgIpc) is 2.99. The van der Waals surface area contributed by atoms with Crippen molar-refractivity contribution in [3.8, 4) is 5.82 Å². The van der Waals surface area contributed by atoms with Crippen LogP contribution in [0.5, 0.6) is 0 Å². The Bertz CT molecular complexity index is 1070. The monoisotopic (exact) mass is 381 g/mol. The summed E-state index contributed by atoms with van der Waals surface area (Å²) in [5.41, 5.74) is 1.97. The van der Waals surface area contributed by atoms with Crippen LogP contribution in [0.2, 0.25) is 0 Å². The van der Waals surface area contributed by atoms with E-state index in [9.17, 15) is 19.3 Å². The Balaban J connectivity index is 1.71. The van der Waals surface area contributed by atoms with Crippen molar-refractivity contribution >= 4 is 23.4 Å². The Morgan fingerprint density at radius 1 is 1.25 bits per heavy atom. The minimum absolute atomic E-state index is 0.125. The maximum absolute atomic E-state index is 13.2. The largest absolute Gasteiger partial charge is 0.321 e. The van der Waals surface area contributed by atoms with Crippen molar-refractivity contribution in [2.24, 2.45) is 0 Å². The highest BCUT2D eigenvalue weighted by atomic mass is 19.1. The van der Waals surface area contributed by atoms with Crippen molar-refractivity contribution in [2.75, 3.05) is 5.32 Å². The van der Waals surface area contributed by atoms with Crippen LogP contribution in [0.15, 0.2) is 48.7 Å². The standard InChI is InChI=1S/C19H16FN5O3/c1-12-9-13(2)24(23-12)18-7-6-16(11-21-18)22-19(26)8-4-14-3-5-15(20)10-17(14)25(27)28/h3-11H,1-2H3,(H,22,26). The van der Waals surface area contributed by atoms with Crippen LogP contribution >= 0.6 is 0 Å². The van der Waals surface area contributed by atoms with Gasteiger partial charge in [-0.05, 0) is 50.3 Å². The lowest BCUT2D eigenvalue weighted by Crippen LogP contribution is -2.09. The zero-order valence-corrected chi connectivity index (χ0v) is 15.1. The second-order valence-corrected chi connectivity index (χ2v) is 6.03. The number of nitrogens with zero attached hydrogens (tertiary/aromatic N) is 4. The van der Waals surface area contributed by atoms with Gasteiger partial charge in [0.2, 0.25) is 5.91 Å². The van der Waals surface area contributed by atoms with Gasteiger partial charge in [0.25, 0.3) is 5.69 Å². The summed E-state index contributed by atoms with van der Waals surface area (Å²) >= 11 is 0. The van der Waals surface area contributed by atoms with Gasteiger partial charge in [-0.1, -0.05) is 0 Å². The normalized spacial score (nSPS) is 11.0. The lowest BCUT2D eigenvalue weighted by molar-refractivity contribution is -0.385. The van der Waals surface area contributed by atoms with Crippen molar-refractivity contribution in [3.63, 3.8) is 0 Å². The molecule has 0 bridgehead atoms. The molecule has 0 aliphatic rings. The molecule has 2 heterocycles. The van der Waals surface area contributed by atoms with Crippen LogP contribution in [-0.2, 0) is 4.79 Å². The van der Waals surface area contributed by atoms with E-state index in [4.69, 9.17) is 0 Å². The molecule has 0 unspecified atom stereocenters. The molecule has 9 heteroatoms. The van der Waals surface area contributed by atoms with E-state index in [0.29, 0.717) is 11.5 Å². The van der Waals surface area contributed by atoms with Crippen molar-refractivity contribution in [3.05, 3.63) is 81.6 Å². The molecule has 0 saturated carbocycles. The number of rotatable bonds is 5. The van der Waals surface area contributed by atoms with E-state index in [1.54, 1.807) is 16.8 Å². The number of hydrogen-bond donors (Lipinski definition) is 1. The molecule has 0 aliphatic heterocycles. The van der Waals surface area contributed by atoms with Crippen molar-refractivity contribution in [1.29, 1.82) is 0 Å². The van der Waals surface area contributed by atoms with Crippen LogP contribution in [-0.4, -0.2) is 25.6 Å². The second kappa shape index (κ2) is 7.78. The quantitative estimate of drug-likeness (QED) is 0.413. The van der Waals surface area contributed by atoms with E-state index in [1.165, 1.54) is 18.3 Å². The first-order valence-electron chi connectivity index (χ1n) is 8.26. The number of anilines is 1. The third-order valence-electron chi connectivity index (χ3n) is 3.85. The number of carbonyl (C=O) groups is 1. The number of halogens is 1. The summed E-state index contributed by atoms with van der Waals surface area (Å²) in [5.74, 6) is -0.609. The van der Waals surface area contributed by atoms with Gasteiger partial charge in [-0.15, -0.1) is 0 Å². The average molecular weight is 381 g/mol. The van der Waals surface area contributed by atoms with Crippen LogP contribution in [0.25, 0.3) is 11.9 Å². The minimum Gasteiger partial charge on any atom is -0.321 e. The molecule has 0 aliphatic carbocycles. The van der Waals surface area contributed by atoms with Crippen molar-refractivity contribution < 1.29 is 14.1 Å². The number of pyridine rings is 1. The van der Waals surface area contributed by atoms with Gasteiger partial charge in [0, 0.05) is 11.8 Å². The van der Waals surface area contributed by atoms with E-state index >= 15 is 0 Å². The molecular weight excluding hydrogens is 365 g/mol. The smallest absolute Gasteiger partial charge is 0.279 e. The zero-order chi connectivity index (χ0) is 20.3. The predicted molar refractivity (Wildman–Crippen MR) is 102 cm³/mol. The van der Waals surface area contributed by atoms with Gasteiger partial charge in [-0.2, -0.15) is 5.10 Å². The Hall–Kier alpha value is -3.88. The second-order valence-electron chi connectivity index (χ2n) is 6.03. The lowest BCUT2D eigenvalue weighted by Gasteiger charge is -2.05. The van der Waals surface area contributed by atoms with E-state index < -0.39 is 22.3 Å². The molecule has 0 spiro atoms. The lowest BCUT2D eigenvalue weighted by atomic mass is 10.1. The number of benzene rings is 1. The third kappa shape index (κ3) is 4.26. The molecular formula is C19H16FN5O3. The van der Waals surface area contributed by atoms with E-state index in [-0.39, 0.29) is 5.56 Å². The van der Waals surface area contributed by atoms with Crippen LogP contribution in [0.4, 0.5) is 15.8 Å². The summed E-state index contributed by atoms with van der Waals surface area (Å²) < 4.78 is 14.8. The molecule has 0 radical (unpaired) electrons. The number of aromatic nitrogens is 3. The summed E-state index contributed by atoms with van der Waals surface area (Å²) in [4.78, 5) is 26.6. The fraction of sp³-hybridized carbons (Fsp3) is 0.105. The highest BCUT2D eigenvalue weighted by molar-refractivity contribution is 6.02. The number of carbonyl (C=O) groups excluding carboxylic acids is 1. The molecule has 8 nitrogen and oxygen atoms in total. The van der Waals surface area contributed by atoms with Crippen LogP contribution < -0.4 is 5.32 Å². The summed E-state index contributed by atoms with van der Waals surface area (Å²) in [6.45, 7) is 3.80. The van der Waals surface area contributed by atoms with Crippen molar-refractivity contribution in [1.82, 2.24) is 14.8 Å². The molecule has 3 aromatic rings. The Morgan fingerprint density at radius 3 is 2.64 bits per heavy atom. The summed E-state index contributed by atoms with van der Waals surface area (Å²) in [7, 11) is 0. The van der Waals surface area contributed by atoms with E-state index in [2.05, 4.69) is 15.4 Å². The number of amides is 1. The van der Waals surface area contributed by atoms with Crippen molar-refractivity contribution in [2.45, 2.75) is 13.8 Å². The summed E-state index contributed by atoms with van der Waals surface area (Å²) in [6, 6.07) is 8.44. The van der Waals surface area contributed by atoms with Gasteiger partial charge in [-0.3, -0.25) is 14.9 Å². The summed E-state index contributed by atoms with van der Waals surface area (Å²) in [5, 5.41) is 17.9. The van der Waals surface area contributed by atoms with Gasteiger partial charge in [-0.25, -0.2) is 14.1 Å². The molecule has 3 rings (SSSR count). The van der Waals surface area contributed by atoms with E-state index in [1.807, 2.05) is 19.9 Å². The maximum Gasteiger partial charge on any atom is 0.279 e. The number of hydrogen-bond acceptors (Lipinski definition) is 5. The highest BCUT2D eigenvalue weighted by Crippen LogP contribution is 2.21. The highest BCUT2D eigenvalue weighted by Gasteiger charge is 2.13. The molecule has 1 aromatic carbocycles. The van der Waals surface area contributed by atoms with Gasteiger partial charge < -0.3 is 5.32 Å². The van der Waals surface area contributed by atoms with Gasteiger partial charge in [0.05, 0.1) is 34.1 Å². The van der Waals surface area contributed by atoms with Gasteiger partial charge in [0.15, 0.2) is 5.82 Å². The van der Waals surface area contributed by atoms with Crippen LogP contribution in [0.1, 0.15) is 17.0 Å². The fourth-order valence-electron chi connectivity index (χ4n) is 2.61. The maximum atomic E-state index is 13.2. The Morgan fingerprint density at radius 2 is 2.04 bits per heavy atom. The topological polar surface area (TPSA) is 103 Å². The number of nitrogens with one attached hydrogen (secondary N) is 1. The molecule has 28 heavy (non-hydrogen) atoms. The van der Waals surface area contributed by atoms with Gasteiger partial charge >= 0.3 is 0 Å². The first kappa shape index (κ1) is 18.9. The number of nitro benzene ring substituents is 1. The zero-order valence-electron chi connectivity index (χ0n) is 15.1. The summed E-state index contributed by atoms with van der Waals surface area (Å²) in [6.07, 6.45) is 3.87. The molecule has 1 amide bonds. The van der Waals surface area contributed by atoms with Crippen LogP contribution in [0.3, 0.4) is 0 Å². The molecule has 1 N–H and O–H groups in total. The van der Waals surface area contributed by atoms with E-state index in [0.717, 1.165) is 29.6 Å². The third-order valence-corrected chi connectivity index (χ3v) is 3.85. The Labute approximate surface area is 159 Å². The molecule has 142 valence electrons. The molecule has 0 atom stereocenters. The van der Waals surface area contributed by atoms with Crippen LogP contribution in [0, 0.1) is 29.8 Å². The molecule has 0 saturated heterocycles. The minimum atomic E-state index is -0.720. The number of aryl methyl sites for hydroxylation is 2. The SMILES string of the molecule is Cc1cc(C)n(-c2ccc(NC(=O)C=Cc3ccc(F)cc3[N+](=O)[O-])cn2)n1. The first-order valence-corrected chi connectivity index (χ1v) is 8.26. The molecule has 0 fully saturated rings. The van der Waals surface area contributed by atoms with Gasteiger partial charge in [0.1, 0.15) is 5.82 Å². The number of nitro groups is 1. The first-order chi connectivity index (χ1) is 13.3. The fourth-order valence-corrected chi connectivity index (χ4v) is 2.61. The predicted octanol–water partition coefficient (Wildman–Crippen LogP) is 3.58.